The van der Waals surface area contributed by atoms with Crippen molar-refractivity contribution in [3.8, 4) is 0 Å². The fourth-order valence-electron chi connectivity index (χ4n) is 2.23. The lowest BCUT2D eigenvalue weighted by atomic mass is 9.92. The van der Waals surface area contributed by atoms with E-state index in [1.807, 2.05) is 0 Å². The Morgan fingerprint density at radius 3 is 2.54 bits per heavy atom. The highest BCUT2D eigenvalue weighted by atomic mass is 28.3. The molecule has 2 aromatic heterocycles. The molecule has 2 rings (SSSR count). The third-order valence-electron chi connectivity index (χ3n) is 3.83. The Balaban J connectivity index is 2.29. The molecule has 7 heteroatoms. The molecule has 0 aliphatic carbocycles. The average molecular weight is 349 g/mol. The lowest BCUT2D eigenvalue weighted by Crippen LogP contribution is -2.22. The molecule has 0 radical (unpaired) electrons. The zero-order chi connectivity index (χ0) is 18.1. The molecule has 0 aromatic carbocycles. The van der Waals surface area contributed by atoms with Gasteiger partial charge < -0.3 is 15.0 Å². The Labute approximate surface area is 144 Å². The van der Waals surface area contributed by atoms with Crippen molar-refractivity contribution in [1.29, 1.82) is 0 Å². The Kier molecular flexibility index (Phi) is 5.15. The van der Waals surface area contributed by atoms with Gasteiger partial charge >= 0.3 is 0 Å². The first kappa shape index (κ1) is 18.6. The maximum absolute atomic E-state index is 11.8. The summed E-state index contributed by atoms with van der Waals surface area (Å²) >= 11 is 0. The summed E-state index contributed by atoms with van der Waals surface area (Å²) < 4.78 is 7.58. The normalized spacial score (nSPS) is 12.8. The Bertz CT molecular complexity index is 741. The molecule has 0 aliphatic heterocycles. The number of rotatable bonds is 6. The molecule has 0 bridgehead atoms. The van der Waals surface area contributed by atoms with Crippen LogP contribution in [-0.2, 0) is 16.9 Å². The van der Waals surface area contributed by atoms with Crippen LogP contribution in [0.25, 0.3) is 11.2 Å². The fourth-order valence-corrected chi connectivity index (χ4v) is 2.99. The zero-order valence-electron chi connectivity index (χ0n) is 15.5. The Morgan fingerprint density at radius 1 is 1.33 bits per heavy atom. The first-order chi connectivity index (χ1) is 11.0. The molecule has 0 fully saturated rings. The van der Waals surface area contributed by atoms with Crippen LogP contribution in [0, 0.1) is 0 Å². The van der Waals surface area contributed by atoms with Crippen molar-refractivity contribution in [2.75, 3.05) is 6.61 Å². The SMILES string of the molecule is CC(C)(C)c1cnc2c(n1)c(C(N)=O)cn2COCC[Si](C)(C)C. The molecule has 0 aliphatic rings. The van der Waals surface area contributed by atoms with Crippen molar-refractivity contribution in [3.05, 3.63) is 23.7 Å². The third kappa shape index (κ3) is 4.42. The molecule has 2 aromatic rings. The third-order valence-corrected chi connectivity index (χ3v) is 5.53. The number of carbonyl (C=O) groups excluding carboxylic acids is 1. The summed E-state index contributed by atoms with van der Waals surface area (Å²) in [6, 6.07) is 1.09. The smallest absolute Gasteiger partial charge is 0.252 e. The van der Waals surface area contributed by atoms with E-state index in [1.165, 1.54) is 0 Å². The number of carbonyl (C=O) groups is 1. The number of primary amides is 1. The van der Waals surface area contributed by atoms with Crippen LogP contribution in [0.15, 0.2) is 12.4 Å². The topological polar surface area (TPSA) is 83.0 Å². The number of hydrogen-bond acceptors (Lipinski definition) is 4. The number of nitrogens with zero attached hydrogens (tertiary/aromatic N) is 3. The lowest BCUT2D eigenvalue weighted by Gasteiger charge is -2.17. The molecule has 0 spiro atoms. The van der Waals surface area contributed by atoms with Crippen LogP contribution in [-0.4, -0.2) is 35.1 Å². The number of amides is 1. The van der Waals surface area contributed by atoms with E-state index in [-0.39, 0.29) is 5.41 Å². The first-order valence-corrected chi connectivity index (χ1v) is 11.9. The van der Waals surface area contributed by atoms with Crippen molar-refractivity contribution in [3.63, 3.8) is 0 Å². The van der Waals surface area contributed by atoms with E-state index in [0.29, 0.717) is 30.1 Å². The van der Waals surface area contributed by atoms with E-state index in [4.69, 9.17) is 10.5 Å². The van der Waals surface area contributed by atoms with E-state index in [2.05, 4.69) is 50.4 Å². The second-order valence-corrected chi connectivity index (χ2v) is 14.0. The summed E-state index contributed by atoms with van der Waals surface area (Å²) in [6.45, 7) is 14.2. The van der Waals surface area contributed by atoms with Gasteiger partial charge in [-0.05, 0) is 6.04 Å². The molecular weight excluding hydrogens is 320 g/mol. The van der Waals surface area contributed by atoms with Gasteiger partial charge in [0.25, 0.3) is 5.91 Å². The van der Waals surface area contributed by atoms with Crippen molar-refractivity contribution in [2.24, 2.45) is 5.73 Å². The van der Waals surface area contributed by atoms with Gasteiger partial charge in [-0.1, -0.05) is 40.4 Å². The van der Waals surface area contributed by atoms with E-state index in [9.17, 15) is 4.79 Å². The summed E-state index contributed by atoms with van der Waals surface area (Å²) in [5.41, 5.74) is 7.75. The number of ether oxygens (including phenoxy) is 1. The second kappa shape index (κ2) is 6.64. The average Bonchev–Trinajstić information content (AvgIpc) is 2.80. The molecule has 1 amide bonds. The highest BCUT2D eigenvalue weighted by Gasteiger charge is 2.21. The van der Waals surface area contributed by atoms with Gasteiger partial charge in [-0.3, -0.25) is 4.79 Å². The van der Waals surface area contributed by atoms with Gasteiger partial charge in [0.1, 0.15) is 12.2 Å². The minimum Gasteiger partial charge on any atom is -0.365 e. The van der Waals surface area contributed by atoms with Crippen LogP contribution in [0.3, 0.4) is 0 Å². The Morgan fingerprint density at radius 2 is 2.00 bits per heavy atom. The van der Waals surface area contributed by atoms with Gasteiger partial charge in [0.2, 0.25) is 0 Å². The number of fused-ring (bicyclic) bond motifs is 1. The molecule has 0 saturated carbocycles. The van der Waals surface area contributed by atoms with Gasteiger partial charge in [0.15, 0.2) is 5.65 Å². The van der Waals surface area contributed by atoms with Crippen LogP contribution in [0.1, 0.15) is 36.8 Å². The molecule has 2 N–H and O–H groups in total. The van der Waals surface area contributed by atoms with Crippen molar-refractivity contribution in [1.82, 2.24) is 14.5 Å². The number of aromatic nitrogens is 3. The van der Waals surface area contributed by atoms with Gasteiger partial charge in [0, 0.05) is 26.3 Å². The zero-order valence-corrected chi connectivity index (χ0v) is 16.5. The van der Waals surface area contributed by atoms with Crippen LogP contribution in [0.5, 0.6) is 0 Å². The fraction of sp³-hybridized carbons (Fsp3) is 0.588. The summed E-state index contributed by atoms with van der Waals surface area (Å²) in [7, 11) is -1.13. The van der Waals surface area contributed by atoms with Crippen LogP contribution < -0.4 is 5.73 Å². The molecule has 6 nitrogen and oxygen atoms in total. The summed E-state index contributed by atoms with van der Waals surface area (Å²) in [4.78, 5) is 20.9. The van der Waals surface area contributed by atoms with Gasteiger partial charge in [0.05, 0.1) is 17.5 Å². The molecule has 132 valence electrons. The molecule has 0 unspecified atom stereocenters. The standard InChI is InChI=1S/C17H28N4O2Si/c1-17(2,3)13-9-19-16-14(20-13)12(15(18)22)10-21(16)11-23-7-8-24(4,5)6/h9-10H,7-8,11H2,1-6H3,(H2,18,22). The Hall–Kier alpha value is -1.73. The van der Waals surface area contributed by atoms with Gasteiger partial charge in [-0.15, -0.1) is 0 Å². The molecule has 24 heavy (non-hydrogen) atoms. The van der Waals surface area contributed by atoms with Crippen molar-refractivity contribution in [2.45, 2.75) is 58.6 Å². The molecular formula is C17H28N4O2Si. The van der Waals surface area contributed by atoms with E-state index < -0.39 is 14.0 Å². The van der Waals surface area contributed by atoms with Gasteiger partial charge in [-0.25, -0.2) is 9.97 Å². The minimum absolute atomic E-state index is 0.147. The van der Waals surface area contributed by atoms with Gasteiger partial charge in [-0.2, -0.15) is 0 Å². The number of hydrogen-bond donors (Lipinski definition) is 1. The summed E-state index contributed by atoms with van der Waals surface area (Å²) in [6.07, 6.45) is 3.44. The largest absolute Gasteiger partial charge is 0.365 e. The molecule has 0 saturated heterocycles. The summed E-state index contributed by atoms with van der Waals surface area (Å²) in [5, 5.41) is 0. The van der Waals surface area contributed by atoms with E-state index in [0.717, 1.165) is 11.7 Å². The monoisotopic (exact) mass is 348 g/mol. The first-order valence-electron chi connectivity index (χ1n) is 8.23. The van der Waals surface area contributed by atoms with Crippen molar-refractivity contribution >= 4 is 25.1 Å². The minimum atomic E-state index is -1.13. The maximum Gasteiger partial charge on any atom is 0.252 e. The summed E-state index contributed by atoms with van der Waals surface area (Å²) in [5.74, 6) is -0.499. The molecule has 0 atom stereocenters. The number of nitrogens with two attached hydrogens (primary N) is 1. The highest BCUT2D eigenvalue weighted by Crippen LogP contribution is 2.24. The lowest BCUT2D eigenvalue weighted by molar-refractivity contribution is 0.0895. The predicted molar refractivity (Wildman–Crippen MR) is 98.9 cm³/mol. The van der Waals surface area contributed by atoms with Crippen LogP contribution in [0.4, 0.5) is 0 Å². The highest BCUT2D eigenvalue weighted by molar-refractivity contribution is 6.76. The predicted octanol–water partition coefficient (Wildman–Crippen LogP) is 3.14. The van der Waals surface area contributed by atoms with E-state index in [1.54, 1.807) is 17.0 Å². The van der Waals surface area contributed by atoms with Crippen molar-refractivity contribution < 1.29 is 9.53 Å². The van der Waals surface area contributed by atoms with Crippen LogP contribution >= 0.6 is 0 Å². The van der Waals surface area contributed by atoms with E-state index >= 15 is 0 Å². The molecule has 2 heterocycles. The quantitative estimate of drug-likeness (QED) is 0.642. The maximum atomic E-state index is 11.8. The van der Waals surface area contributed by atoms with Crippen LogP contribution in [0.2, 0.25) is 25.7 Å². The second-order valence-electron chi connectivity index (χ2n) is 8.40.